The van der Waals surface area contributed by atoms with Crippen LogP contribution in [0.25, 0.3) is 5.69 Å². The minimum absolute atomic E-state index is 0.170. The van der Waals surface area contributed by atoms with Crippen LogP contribution in [0.15, 0.2) is 47.6 Å². The van der Waals surface area contributed by atoms with Crippen molar-refractivity contribution in [2.75, 3.05) is 6.79 Å². The van der Waals surface area contributed by atoms with Gasteiger partial charge in [-0.2, -0.15) is 4.68 Å². The predicted molar refractivity (Wildman–Crippen MR) is 98.8 cm³/mol. The third-order valence-corrected chi connectivity index (χ3v) is 5.08. The summed E-state index contributed by atoms with van der Waals surface area (Å²) in [5, 5.41) is 14.3. The molecule has 1 aliphatic rings. The zero-order valence-electron chi connectivity index (χ0n) is 14.8. The quantitative estimate of drug-likeness (QED) is 0.634. The van der Waals surface area contributed by atoms with E-state index in [-0.39, 0.29) is 12.7 Å². The van der Waals surface area contributed by atoms with E-state index in [0.29, 0.717) is 28.9 Å². The third-order valence-electron chi connectivity index (χ3n) is 4.05. The highest BCUT2D eigenvalue weighted by Gasteiger charge is 2.20. The van der Waals surface area contributed by atoms with Crippen LogP contribution in [0.4, 0.5) is 4.39 Å². The molecule has 0 fully saturated rings. The fourth-order valence-electron chi connectivity index (χ4n) is 2.62. The van der Waals surface area contributed by atoms with Gasteiger partial charge in [-0.1, -0.05) is 23.9 Å². The minimum Gasteiger partial charge on any atom is -0.454 e. The molecule has 0 saturated heterocycles. The molecule has 1 atom stereocenters. The highest BCUT2D eigenvalue weighted by atomic mass is 32.2. The molecule has 4 rings (SSSR count). The maximum atomic E-state index is 13.5. The van der Waals surface area contributed by atoms with Crippen LogP contribution in [-0.4, -0.2) is 38.2 Å². The summed E-state index contributed by atoms with van der Waals surface area (Å²) in [5.74, 6) is 0.807. The lowest BCUT2D eigenvalue weighted by Crippen LogP contribution is -2.30. The number of ether oxygens (including phenoxy) is 2. The van der Waals surface area contributed by atoms with Gasteiger partial charge in [0.1, 0.15) is 5.82 Å². The first-order valence-electron chi connectivity index (χ1n) is 8.47. The number of nitrogens with one attached hydrogen (secondary N) is 1. The average Bonchev–Trinajstić information content (AvgIpc) is 3.34. The molecule has 10 heteroatoms. The van der Waals surface area contributed by atoms with Crippen molar-refractivity contribution >= 4 is 17.7 Å². The normalized spacial score (nSPS) is 13.4. The molecule has 1 aliphatic heterocycles. The smallest absolute Gasteiger partial charge is 0.233 e. The Morgan fingerprint density at radius 1 is 1.29 bits per heavy atom. The second-order valence-electron chi connectivity index (χ2n) is 6.02. The Balaban J connectivity index is 1.38. The van der Waals surface area contributed by atoms with E-state index in [2.05, 4.69) is 20.8 Å². The summed E-state index contributed by atoms with van der Waals surface area (Å²) < 4.78 is 25.5. The van der Waals surface area contributed by atoms with Crippen molar-refractivity contribution in [2.45, 2.75) is 23.9 Å². The molecule has 3 aromatic rings. The molecule has 144 valence electrons. The Bertz CT molecular complexity index is 1010. The molecule has 0 saturated carbocycles. The van der Waals surface area contributed by atoms with Crippen LogP contribution in [0.5, 0.6) is 11.5 Å². The van der Waals surface area contributed by atoms with Crippen molar-refractivity contribution in [1.29, 1.82) is 0 Å². The molecular weight excluding hydrogens is 385 g/mol. The van der Waals surface area contributed by atoms with E-state index >= 15 is 0 Å². The first kappa shape index (κ1) is 18.2. The van der Waals surface area contributed by atoms with Gasteiger partial charge in [0.15, 0.2) is 11.5 Å². The van der Waals surface area contributed by atoms with E-state index < -0.39 is 11.1 Å². The number of amides is 1. The van der Waals surface area contributed by atoms with Crippen molar-refractivity contribution < 1.29 is 18.7 Å². The van der Waals surface area contributed by atoms with Crippen LogP contribution in [0.2, 0.25) is 0 Å². The zero-order chi connectivity index (χ0) is 19.5. The second kappa shape index (κ2) is 7.85. The summed E-state index contributed by atoms with van der Waals surface area (Å²) in [5.41, 5.74) is 1.39. The van der Waals surface area contributed by atoms with Gasteiger partial charge in [0.25, 0.3) is 0 Å². The number of hydrogen-bond acceptors (Lipinski definition) is 7. The largest absolute Gasteiger partial charge is 0.454 e. The van der Waals surface area contributed by atoms with Crippen molar-refractivity contribution in [2.24, 2.45) is 0 Å². The fourth-order valence-corrected chi connectivity index (χ4v) is 3.45. The van der Waals surface area contributed by atoms with E-state index in [9.17, 15) is 9.18 Å². The number of nitrogens with zero attached hydrogens (tertiary/aromatic N) is 4. The van der Waals surface area contributed by atoms with Crippen molar-refractivity contribution in [3.05, 3.63) is 53.8 Å². The number of aromatic nitrogens is 4. The van der Waals surface area contributed by atoms with Gasteiger partial charge in [0.05, 0.1) is 10.9 Å². The van der Waals surface area contributed by atoms with Crippen LogP contribution >= 0.6 is 11.8 Å². The fraction of sp³-hybridized carbons (Fsp3) is 0.222. The summed E-state index contributed by atoms with van der Waals surface area (Å²) >= 11 is 1.19. The SMILES string of the molecule is CC(Sc1nnnn1-c1cccc(F)c1)C(=O)NCc1ccc2c(c1)OCO2. The number of benzene rings is 2. The number of carbonyl (C=O) groups is 1. The molecule has 0 aliphatic carbocycles. The number of hydrogen-bond donors (Lipinski definition) is 1. The number of fused-ring (bicyclic) bond motifs is 1. The van der Waals surface area contributed by atoms with Crippen molar-refractivity contribution in [3.63, 3.8) is 0 Å². The lowest BCUT2D eigenvalue weighted by Gasteiger charge is -2.12. The lowest BCUT2D eigenvalue weighted by atomic mass is 10.2. The van der Waals surface area contributed by atoms with Crippen molar-refractivity contribution in [1.82, 2.24) is 25.5 Å². The van der Waals surface area contributed by atoms with Gasteiger partial charge in [0.2, 0.25) is 17.9 Å². The van der Waals surface area contributed by atoms with E-state index in [1.165, 1.54) is 28.6 Å². The molecule has 0 radical (unpaired) electrons. The van der Waals surface area contributed by atoms with Gasteiger partial charge < -0.3 is 14.8 Å². The minimum atomic E-state index is -0.452. The molecule has 1 N–H and O–H groups in total. The average molecular weight is 401 g/mol. The maximum absolute atomic E-state index is 13.5. The van der Waals surface area contributed by atoms with Crippen LogP contribution in [0, 0.1) is 5.82 Å². The summed E-state index contributed by atoms with van der Waals surface area (Å²) in [6.07, 6.45) is 0. The van der Waals surface area contributed by atoms with Crippen LogP contribution in [0.3, 0.4) is 0 Å². The van der Waals surface area contributed by atoms with Crippen molar-refractivity contribution in [3.8, 4) is 17.2 Å². The Hall–Kier alpha value is -3.14. The summed E-state index contributed by atoms with van der Waals surface area (Å²) in [4.78, 5) is 12.5. The molecule has 1 aromatic heterocycles. The van der Waals surface area contributed by atoms with E-state index in [1.54, 1.807) is 19.1 Å². The zero-order valence-corrected chi connectivity index (χ0v) is 15.6. The summed E-state index contributed by atoms with van der Waals surface area (Å²) in [6.45, 7) is 2.32. The summed E-state index contributed by atoms with van der Waals surface area (Å²) in [7, 11) is 0. The standard InChI is InChI=1S/C18H16FN5O3S/c1-11(17(25)20-9-12-5-6-15-16(7-12)27-10-26-15)28-18-21-22-23-24(18)14-4-2-3-13(19)8-14/h2-8,11H,9-10H2,1H3,(H,20,25). The van der Waals surface area contributed by atoms with Crippen LogP contribution in [-0.2, 0) is 11.3 Å². The molecular formula is C18H16FN5O3S. The molecule has 2 aromatic carbocycles. The van der Waals surface area contributed by atoms with E-state index in [1.807, 2.05) is 18.2 Å². The number of carbonyl (C=O) groups excluding carboxylic acids is 1. The first-order chi connectivity index (χ1) is 13.6. The van der Waals surface area contributed by atoms with E-state index in [0.717, 1.165) is 5.56 Å². The predicted octanol–water partition coefficient (Wildman–Crippen LogP) is 2.33. The van der Waals surface area contributed by atoms with E-state index in [4.69, 9.17) is 9.47 Å². The topological polar surface area (TPSA) is 91.2 Å². The van der Waals surface area contributed by atoms with Gasteiger partial charge in [-0.15, -0.1) is 5.10 Å². The van der Waals surface area contributed by atoms with Gasteiger partial charge in [-0.05, 0) is 53.2 Å². The number of thioether (sulfide) groups is 1. The summed E-state index contributed by atoms with van der Waals surface area (Å²) in [6, 6.07) is 11.4. The Morgan fingerprint density at radius 2 is 2.14 bits per heavy atom. The molecule has 2 heterocycles. The Morgan fingerprint density at radius 3 is 3.00 bits per heavy atom. The molecule has 8 nitrogen and oxygen atoms in total. The molecule has 1 amide bonds. The second-order valence-corrected chi connectivity index (χ2v) is 7.33. The van der Waals surface area contributed by atoms with Gasteiger partial charge in [0, 0.05) is 6.54 Å². The first-order valence-corrected chi connectivity index (χ1v) is 9.35. The van der Waals surface area contributed by atoms with Crippen LogP contribution in [0.1, 0.15) is 12.5 Å². The highest BCUT2D eigenvalue weighted by Crippen LogP contribution is 2.32. The monoisotopic (exact) mass is 401 g/mol. The van der Waals surface area contributed by atoms with Gasteiger partial charge in [-0.25, -0.2) is 4.39 Å². The molecule has 0 spiro atoms. The number of tetrazole rings is 1. The Labute approximate surface area is 164 Å². The van der Waals surface area contributed by atoms with Gasteiger partial charge >= 0.3 is 0 Å². The molecule has 28 heavy (non-hydrogen) atoms. The highest BCUT2D eigenvalue weighted by molar-refractivity contribution is 8.00. The lowest BCUT2D eigenvalue weighted by molar-refractivity contribution is -0.120. The molecule has 0 bridgehead atoms. The van der Waals surface area contributed by atoms with Crippen LogP contribution < -0.4 is 14.8 Å². The van der Waals surface area contributed by atoms with Gasteiger partial charge in [-0.3, -0.25) is 4.79 Å². The number of halogens is 1. The number of rotatable bonds is 6. The Kier molecular flexibility index (Phi) is 5.11. The third kappa shape index (κ3) is 3.91. The molecule has 1 unspecified atom stereocenters. The maximum Gasteiger partial charge on any atom is 0.233 e.